The number of aromatic hydroxyl groups is 2. The van der Waals surface area contributed by atoms with Gasteiger partial charge in [-0.1, -0.05) is 13.0 Å². The summed E-state index contributed by atoms with van der Waals surface area (Å²) in [4.78, 5) is 30.9. The molecule has 2 aromatic rings. The molecule has 5 unspecified atom stereocenters. The first kappa shape index (κ1) is 30.8. The number of quaternary nitrogens is 1. The largest absolute Gasteiger partial charge is 0.600 e. The van der Waals surface area contributed by atoms with E-state index in [1.807, 2.05) is 22.6 Å². The van der Waals surface area contributed by atoms with E-state index in [0.29, 0.717) is 5.57 Å². The molecule has 0 saturated carbocycles. The van der Waals surface area contributed by atoms with E-state index < -0.39 is 88.1 Å². The molecule has 15 nitrogen and oxygen atoms in total. The van der Waals surface area contributed by atoms with Crippen LogP contribution in [-0.2, 0) is 14.4 Å². The number of carboxylic acid groups (broad SMARTS) is 1. The minimum Gasteiger partial charge on any atom is -0.600 e. The number of ether oxygens (including phenoxy) is 3. The van der Waals surface area contributed by atoms with Gasteiger partial charge in [-0.25, -0.2) is 10.0 Å². The van der Waals surface area contributed by atoms with Gasteiger partial charge in [-0.05, 0) is 40.7 Å². The van der Waals surface area contributed by atoms with E-state index in [4.69, 9.17) is 23.5 Å². The first-order chi connectivity index (χ1) is 19.3. The number of benzene rings is 1. The topological polar surface area (TPSA) is 233 Å². The van der Waals surface area contributed by atoms with Gasteiger partial charge in [0.25, 0.3) is 0 Å². The highest BCUT2D eigenvalue weighted by atomic mass is 127. The number of hydrogen-bond acceptors (Lipinski definition) is 13. The predicted molar refractivity (Wildman–Crippen MR) is 146 cm³/mol. The Labute approximate surface area is 245 Å². The average Bonchev–Trinajstić information content (AvgIpc) is 3.00. The van der Waals surface area contributed by atoms with Crippen LogP contribution >= 0.6 is 22.6 Å². The third-order valence-electron chi connectivity index (χ3n) is 6.58. The van der Waals surface area contributed by atoms with Crippen molar-refractivity contribution >= 4 is 45.1 Å². The van der Waals surface area contributed by atoms with Crippen LogP contribution in [0.15, 0.2) is 33.2 Å². The van der Waals surface area contributed by atoms with Gasteiger partial charge in [-0.2, -0.15) is 4.84 Å². The van der Waals surface area contributed by atoms with E-state index in [9.17, 15) is 45.4 Å². The van der Waals surface area contributed by atoms with Gasteiger partial charge in [0.2, 0.25) is 23.2 Å². The number of alkyl halides is 1. The van der Waals surface area contributed by atoms with Gasteiger partial charge in [-0.3, -0.25) is 4.79 Å². The summed E-state index contributed by atoms with van der Waals surface area (Å²) in [5.41, 5.74) is -0.914. The highest BCUT2D eigenvalue weighted by Gasteiger charge is 2.46. The van der Waals surface area contributed by atoms with Gasteiger partial charge in [0.05, 0.1) is 18.9 Å². The molecule has 2 heterocycles. The number of halogens is 1. The Hall–Kier alpha value is -3.13. The smallest absolute Gasteiger partial charge is 0.335 e. The van der Waals surface area contributed by atoms with Gasteiger partial charge in [0, 0.05) is 18.4 Å². The van der Waals surface area contributed by atoms with Crippen LogP contribution in [0.4, 0.5) is 0 Å². The Morgan fingerprint density at radius 1 is 1.22 bits per heavy atom. The van der Waals surface area contributed by atoms with Crippen molar-refractivity contribution < 1.29 is 64.1 Å². The molecule has 0 bridgehead atoms. The number of carboxylic acids is 1. The van der Waals surface area contributed by atoms with Crippen LogP contribution in [0.5, 0.6) is 23.0 Å². The molecule has 1 aliphatic heterocycles. The molecule has 0 amide bonds. The van der Waals surface area contributed by atoms with Crippen LogP contribution in [0.1, 0.15) is 25.5 Å². The number of nitrogens with one attached hydrogen (secondary N) is 1. The molecule has 7 N–H and O–H groups in total. The fraction of sp³-hybridized carbons (Fsp3) is 0.440. The van der Waals surface area contributed by atoms with Crippen LogP contribution in [0, 0.1) is 11.1 Å². The summed E-state index contributed by atoms with van der Waals surface area (Å²) in [6.45, 7) is 1.70. The Kier molecular flexibility index (Phi) is 9.32. The lowest BCUT2D eigenvalue weighted by Crippen LogP contribution is -3.03. The molecule has 1 aliphatic carbocycles. The van der Waals surface area contributed by atoms with Crippen molar-refractivity contribution in [3.8, 4) is 23.0 Å². The number of hydroxylamine groups is 2. The Morgan fingerprint density at radius 3 is 2.54 bits per heavy atom. The number of phenols is 2. The van der Waals surface area contributed by atoms with E-state index in [1.54, 1.807) is 6.92 Å². The predicted octanol–water partition coefficient (Wildman–Crippen LogP) is 0.454. The second kappa shape index (κ2) is 12.4. The fourth-order valence-electron chi connectivity index (χ4n) is 4.57. The minimum atomic E-state index is -2.05. The zero-order valence-electron chi connectivity index (χ0n) is 21.6. The normalized spacial score (nSPS) is 27.5. The summed E-state index contributed by atoms with van der Waals surface area (Å²) >= 11 is 1.81. The Bertz CT molecular complexity index is 1440. The molecule has 1 saturated heterocycles. The maximum absolute atomic E-state index is 13.9. The molecular weight excluding hydrogens is 665 g/mol. The second-order valence-electron chi connectivity index (χ2n) is 9.50. The number of fused-ring (bicyclic) bond motifs is 1. The van der Waals surface area contributed by atoms with E-state index in [2.05, 4.69) is 0 Å². The summed E-state index contributed by atoms with van der Waals surface area (Å²) in [6.07, 6.45) is -6.61. The SMILES string of the molecule is CC1CC(c2oc3cc(O)c(OCI)c(O)c3c(=O)c2O[C@@H]2OC(C(=O)O)C(O)C(O)C[C@@H]2O[NH+](C)[O-])=CC=C1O. The summed E-state index contributed by atoms with van der Waals surface area (Å²) < 4.78 is 22.5. The van der Waals surface area contributed by atoms with Gasteiger partial charge in [0.15, 0.2) is 29.5 Å². The van der Waals surface area contributed by atoms with E-state index in [1.165, 1.54) is 12.2 Å². The van der Waals surface area contributed by atoms with Crippen LogP contribution in [0.25, 0.3) is 16.5 Å². The fourth-order valence-corrected chi connectivity index (χ4v) is 4.88. The lowest BCUT2D eigenvalue weighted by atomic mass is 9.92. The van der Waals surface area contributed by atoms with Crippen molar-refractivity contribution in [1.29, 1.82) is 0 Å². The molecule has 1 fully saturated rings. The first-order valence-corrected chi connectivity index (χ1v) is 13.8. The average molecular weight is 693 g/mol. The molecule has 224 valence electrons. The zero-order valence-corrected chi connectivity index (χ0v) is 23.8. The number of aliphatic carboxylic acids is 1. The molecule has 1 aromatic heterocycles. The van der Waals surface area contributed by atoms with Crippen molar-refractivity contribution in [3.63, 3.8) is 0 Å². The molecule has 4 rings (SSSR count). The van der Waals surface area contributed by atoms with Crippen molar-refractivity contribution in [1.82, 2.24) is 0 Å². The van der Waals surface area contributed by atoms with Crippen molar-refractivity contribution in [2.75, 3.05) is 11.7 Å². The summed E-state index contributed by atoms with van der Waals surface area (Å²) in [5.74, 6) is -4.54. The maximum atomic E-state index is 13.9. The van der Waals surface area contributed by atoms with Crippen molar-refractivity contribution in [3.05, 3.63) is 45.2 Å². The highest BCUT2D eigenvalue weighted by molar-refractivity contribution is 14.1. The van der Waals surface area contributed by atoms with Crippen molar-refractivity contribution in [2.45, 2.75) is 50.5 Å². The van der Waals surface area contributed by atoms with Gasteiger partial charge in [-0.15, -0.1) is 0 Å². The molecule has 1 aromatic carbocycles. The zero-order chi connectivity index (χ0) is 30.2. The second-order valence-corrected chi connectivity index (χ2v) is 10.1. The standard InChI is InChI=1S/C25H28INO14/c1-9-5-10(3-4-11(9)28)20-22(19(33)16-14(38-20)7-13(30)21(18(16)32)37-8-26)39-25-15(41-27(2)36)6-12(29)17(31)23(40-25)24(34)35/h3-4,7,9,12,15,17,23,25,27-32H,5-6,8H2,1-2H3,(H,34,35)/t9?,12?,15-,17?,23?,25+/m0/s1. The molecule has 0 spiro atoms. The molecule has 2 aliphatic rings. The lowest BCUT2D eigenvalue weighted by Gasteiger charge is -2.29. The number of aliphatic hydroxyl groups is 3. The monoisotopic (exact) mass is 693 g/mol. The molecule has 0 radical (unpaired) electrons. The van der Waals surface area contributed by atoms with Crippen LogP contribution < -0.4 is 20.1 Å². The van der Waals surface area contributed by atoms with E-state index >= 15 is 0 Å². The van der Waals surface area contributed by atoms with E-state index in [-0.39, 0.29) is 28.1 Å². The molecule has 7 atom stereocenters. The lowest BCUT2D eigenvalue weighted by molar-refractivity contribution is -1.04. The number of rotatable bonds is 8. The molecular formula is C25H28INO14. The van der Waals surface area contributed by atoms with Crippen molar-refractivity contribution in [2.24, 2.45) is 5.92 Å². The molecule has 16 heteroatoms. The van der Waals surface area contributed by atoms with Gasteiger partial charge in [0.1, 0.15) is 21.7 Å². The van der Waals surface area contributed by atoms with Crippen LogP contribution in [-0.4, -0.2) is 79.0 Å². The summed E-state index contributed by atoms with van der Waals surface area (Å²) in [5, 5.41) is 72.1. The van der Waals surface area contributed by atoms with E-state index in [0.717, 1.165) is 13.1 Å². The van der Waals surface area contributed by atoms with Gasteiger partial charge < -0.3 is 54.5 Å². The number of allylic oxidation sites excluding steroid dienone is 4. The Balaban J connectivity index is 1.95. The minimum absolute atomic E-state index is 0.00102. The maximum Gasteiger partial charge on any atom is 0.335 e. The first-order valence-electron chi connectivity index (χ1n) is 12.3. The number of carbonyl (C=O) groups is 1. The van der Waals surface area contributed by atoms with Gasteiger partial charge >= 0.3 is 5.97 Å². The molecule has 41 heavy (non-hydrogen) atoms. The highest BCUT2D eigenvalue weighted by Crippen LogP contribution is 2.44. The van der Waals surface area contributed by atoms with Crippen LogP contribution in [0.3, 0.4) is 0 Å². The summed E-state index contributed by atoms with van der Waals surface area (Å²) in [7, 11) is 1.04. The number of hydrogen-bond donors (Lipinski definition) is 7. The number of phenolic OH excluding ortho intramolecular Hbond substituents is 2. The quantitative estimate of drug-likeness (QED) is 0.113. The van der Waals surface area contributed by atoms with Crippen LogP contribution in [0.2, 0.25) is 0 Å². The number of aliphatic hydroxyl groups excluding tert-OH is 3. The third kappa shape index (κ3) is 6.22. The third-order valence-corrected chi connectivity index (χ3v) is 6.90. The Morgan fingerprint density at radius 2 is 1.93 bits per heavy atom. The summed E-state index contributed by atoms with van der Waals surface area (Å²) in [6, 6.07) is 1.06.